The molecule has 17 N–H and O–H groups in total. The molecule has 28 nitrogen and oxygen atoms in total. The standard InChI is InChI=1S/C39H54N12O16S/c1-41-34(62)20(8-11-28(57)58)47-36(64)23(16-68)49-35(63)21(6-9-26(55)43-14-24(53)30(59)31(60)25(54)15-52)46-27(56)10-7-22(38(66)67)48-33(61)17-2-4-18(5-3-17)42-12-19-13-44-32-29(45-19)37(65)51-39(40)50-32/h2-5,13,20-25,30-31,42,52-54,59-60,68H,6-12,14-16H2,1H3,(H,41,62)(H,43,55)(H,46,56)(H,47,64)(H,48,61)(H,49,63)(H,57,58)(H,66,67)(H3,40,44,50,51,65)/t20-,21-,22-,23-,24-,25+,30+,31+/m0/s1. The van der Waals surface area contributed by atoms with Gasteiger partial charge >= 0.3 is 11.9 Å². The van der Waals surface area contributed by atoms with Crippen LogP contribution in [0.5, 0.6) is 0 Å². The molecule has 0 aliphatic heterocycles. The smallest absolute Gasteiger partial charge is 0.326 e. The summed E-state index contributed by atoms with van der Waals surface area (Å²) in [6, 6.07) is -0.298. The number of nitrogens with zero attached hydrogens (tertiary/aromatic N) is 3. The van der Waals surface area contributed by atoms with Crippen molar-refractivity contribution < 1.29 is 74.1 Å². The highest BCUT2D eigenvalue weighted by Gasteiger charge is 2.32. The number of H-pyrrole nitrogens is 1. The molecule has 0 saturated carbocycles. The Hall–Kier alpha value is -7.05. The number of carboxylic acids is 2. The molecule has 0 saturated heterocycles. The number of carbonyl (C=O) groups excluding carboxylic acids is 6. The Balaban J connectivity index is 1.67. The van der Waals surface area contributed by atoms with Crippen molar-refractivity contribution in [1.29, 1.82) is 0 Å². The number of amides is 6. The molecule has 6 amide bonds. The number of fused-ring (bicyclic) bond motifs is 1. The Morgan fingerprint density at radius 3 is 1.96 bits per heavy atom. The highest BCUT2D eigenvalue weighted by atomic mass is 32.1. The minimum Gasteiger partial charge on any atom is -0.481 e. The lowest BCUT2D eigenvalue weighted by atomic mass is 10.0. The molecule has 29 heteroatoms. The third-order valence-corrected chi connectivity index (χ3v) is 10.2. The van der Waals surface area contributed by atoms with Crippen molar-refractivity contribution in [2.75, 3.05) is 37.0 Å². The Labute approximate surface area is 390 Å². The van der Waals surface area contributed by atoms with E-state index in [4.69, 9.17) is 15.9 Å². The first-order valence-electron chi connectivity index (χ1n) is 20.6. The molecule has 68 heavy (non-hydrogen) atoms. The number of hydrogen-bond donors (Lipinski definition) is 17. The molecule has 2 aromatic heterocycles. The van der Waals surface area contributed by atoms with Crippen molar-refractivity contribution in [3.05, 3.63) is 52.1 Å². The van der Waals surface area contributed by atoms with Crippen molar-refractivity contribution in [3.8, 4) is 0 Å². The average Bonchev–Trinajstić information content (AvgIpc) is 3.31. The van der Waals surface area contributed by atoms with Gasteiger partial charge in [0.1, 0.15) is 42.5 Å². The van der Waals surface area contributed by atoms with Gasteiger partial charge in [-0.15, -0.1) is 0 Å². The third-order valence-electron chi connectivity index (χ3n) is 9.86. The van der Waals surface area contributed by atoms with Crippen LogP contribution in [0, 0.1) is 0 Å². The minimum absolute atomic E-state index is 0.0251. The highest BCUT2D eigenvalue weighted by Crippen LogP contribution is 2.13. The van der Waals surface area contributed by atoms with E-state index in [1.165, 1.54) is 37.5 Å². The van der Waals surface area contributed by atoms with Gasteiger partial charge in [0.05, 0.1) is 31.1 Å². The fourth-order valence-corrected chi connectivity index (χ4v) is 6.27. The molecule has 3 rings (SSSR count). The predicted molar refractivity (Wildman–Crippen MR) is 238 cm³/mol. The second kappa shape index (κ2) is 26.9. The van der Waals surface area contributed by atoms with E-state index in [1.807, 2.05) is 0 Å². The number of aromatic nitrogens is 4. The Bertz CT molecular complexity index is 2320. The predicted octanol–water partition coefficient (Wildman–Crippen LogP) is -5.80. The quantitative estimate of drug-likeness (QED) is 0.0301. The number of likely N-dealkylation sites (N-methyl/N-ethyl adjacent to an activating group) is 1. The number of carbonyl (C=O) groups is 8. The van der Waals surface area contributed by atoms with Crippen molar-refractivity contribution in [3.63, 3.8) is 0 Å². The first kappa shape index (κ1) is 55.3. The lowest BCUT2D eigenvalue weighted by Crippen LogP contribution is -2.57. The normalized spacial score (nSPS) is 14.6. The van der Waals surface area contributed by atoms with Gasteiger partial charge in [-0.25, -0.2) is 14.8 Å². The molecule has 0 unspecified atom stereocenters. The van der Waals surface area contributed by atoms with Gasteiger partial charge in [-0.1, -0.05) is 0 Å². The number of benzene rings is 1. The van der Waals surface area contributed by atoms with Crippen LogP contribution in [-0.4, -0.2) is 178 Å². The monoisotopic (exact) mass is 978 g/mol. The lowest BCUT2D eigenvalue weighted by molar-refractivity contribution is -0.140. The number of aliphatic hydroxyl groups excluding tert-OH is 5. The molecule has 3 aromatic rings. The second-order valence-electron chi connectivity index (χ2n) is 14.9. The lowest BCUT2D eigenvalue weighted by Gasteiger charge is -2.26. The van der Waals surface area contributed by atoms with E-state index in [1.54, 1.807) is 0 Å². The van der Waals surface area contributed by atoms with Gasteiger partial charge in [-0.05, 0) is 43.5 Å². The molecular formula is C39H54N12O16S. The zero-order valence-corrected chi connectivity index (χ0v) is 37.1. The van der Waals surface area contributed by atoms with Crippen LogP contribution < -0.4 is 48.5 Å². The first-order chi connectivity index (χ1) is 32.2. The Morgan fingerprint density at radius 2 is 1.34 bits per heavy atom. The molecule has 0 bridgehead atoms. The molecule has 8 atom stereocenters. The summed E-state index contributed by atoms with van der Waals surface area (Å²) >= 11 is 4.08. The maximum absolute atomic E-state index is 13.6. The fraction of sp³-hybridized carbons (Fsp3) is 0.487. The topological polar surface area (TPSA) is 460 Å². The number of aromatic amines is 1. The van der Waals surface area contributed by atoms with Crippen LogP contribution in [0.1, 0.15) is 54.6 Å². The van der Waals surface area contributed by atoms with Crippen LogP contribution in [-0.2, 0) is 40.1 Å². The van der Waals surface area contributed by atoms with E-state index in [0.717, 1.165) is 0 Å². The molecule has 0 spiro atoms. The molecule has 2 heterocycles. The van der Waals surface area contributed by atoms with Crippen LogP contribution >= 0.6 is 12.6 Å². The number of nitrogens with one attached hydrogen (secondary N) is 8. The van der Waals surface area contributed by atoms with Gasteiger partial charge in [-0.3, -0.25) is 43.3 Å². The van der Waals surface area contributed by atoms with Crippen LogP contribution in [0.2, 0.25) is 0 Å². The molecule has 372 valence electrons. The Kier molecular flexibility index (Phi) is 21.9. The summed E-state index contributed by atoms with van der Waals surface area (Å²) in [4.78, 5) is 128. The summed E-state index contributed by atoms with van der Waals surface area (Å²) in [7, 11) is 1.25. The van der Waals surface area contributed by atoms with Crippen LogP contribution in [0.25, 0.3) is 11.2 Å². The first-order valence-corrected chi connectivity index (χ1v) is 21.2. The Morgan fingerprint density at radius 1 is 0.750 bits per heavy atom. The summed E-state index contributed by atoms with van der Waals surface area (Å²) in [5.74, 6) is -8.69. The van der Waals surface area contributed by atoms with E-state index in [2.05, 4.69) is 69.8 Å². The number of carboxylic acid groups (broad SMARTS) is 2. The second-order valence-corrected chi connectivity index (χ2v) is 15.3. The van der Waals surface area contributed by atoms with Gasteiger partial charge in [0.25, 0.3) is 11.5 Å². The number of anilines is 2. The molecule has 0 fully saturated rings. The highest BCUT2D eigenvalue weighted by molar-refractivity contribution is 7.80. The third kappa shape index (κ3) is 17.3. The summed E-state index contributed by atoms with van der Waals surface area (Å²) in [5.41, 5.74) is 5.90. The number of hydrogen-bond acceptors (Lipinski definition) is 20. The minimum atomic E-state index is -2.01. The summed E-state index contributed by atoms with van der Waals surface area (Å²) < 4.78 is 0. The molecule has 0 radical (unpaired) electrons. The van der Waals surface area contributed by atoms with Crippen LogP contribution in [0.3, 0.4) is 0 Å². The largest absolute Gasteiger partial charge is 0.481 e. The molecular weight excluding hydrogens is 925 g/mol. The van der Waals surface area contributed by atoms with Crippen molar-refractivity contribution >= 4 is 82.8 Å². The van der Waals surface area contributed by atoms with Gasteiger partial charge in [0.15, 0.2) is 11.2 Å². The number of nitrogen functional groups attached to an aromatic ring is 1. The SMILES string of the molecule is CNC(=O)[C@H](CCC(=O)O)NC(=O)[C@H](CS)NC(=O)[C@H](CCC(=O)NC[C@H](O)[C@@H](O)[C@H](O)[C@H](O)CO)NC(=O)CC[C@H](NC(=O)c1ccc(NCc2cnc3nc(N)[nH]c(=O)c3n2)cc1)C(=O)O. The molecule has 0 aliphatic carbocycles. The van der Waals surface area contributed by atoms with E-state index >= 15 is 0 Å². The van der Waals surface area contributed by atoms with Crippen molar-refractivity contribution in [2.24, 2.45) is 0 Å². The van der Waals surface area contributed by atoms with Crippen LogP contribution in [0.15, 0.2) is 35.3 Å². The fourth-order valence-electron chi connectivity index (χ4n) is 6.01. The van der Waals surface area contributed by atoms with Gasteiger partial charge in [0, 0.05) is 49.9 Å². The molecule has 1 aromatic carbocycles. The van der Waals surface area contributed by atoms with E-state index < -0.39 is 147 Å². The van der Waals surface area contributed by atoms with E-state index in [-0.39, 0.29) is 41.4 Å². The summed E-state index contributed by atoms with van der Waals surface area (Å²) in [6.45, 7) is -1.52. The summed E-state index contributed by atoms with van der Waals surface area (Å²) in [5, 5.41) is 84.3. The van der Waals surface area contributed by atoms with Crippen LogP contribution in [0.4, 0.5) is 11.6 Å². The van der Waals surface area contributed by atoms with Gasteiger partial charge < -0.3 is 78.7 Å². The van der Waals surface area contributed by atoms with Crippen molar-refractivity contribution in [1.82, 2.24) is 51.8 Å². The number of aliphatic carboxylic acids is 2. The maximum Gasteiger partial charge on any atom is 0.326 e. The zero-order chi connectivity index (χ0) is 50.7. The number of thiol groups is 1. The number of aliphatic hydroxyl groups is 5. The van der Waals surface area contributed by atoms with Crippen molar-refractivity contribution in [2.45, 2.75) is 93.7 Å². The number of nitrogens with two attached hydrogens (primary N) is 1. The number of rotatable bonds is 28. The maximum atomic E-state index is 13.6. The summed E-state index contributed by atoms with van der Waals surface area (Å²) in [6.07, 6.45) is -9.26. The van der Waals surface area contributed by atoms with Gasteiger partial charge in [-0.2, -0.15) is 17.6 Å². The van der Waals surface area contributed by atoms with E-state index in [0.29, 0.717) is 11.4 Å². The average molecular weight is 979 g/mol. The molecule has 0 aliphatic rings. The zero-order valence-electron chi connectivity index (χ0n) is 36.2. The van der Waals surface area contributed by atoms with E-state index in [9.17, 15) is 68.7 Å². The van der Waals surface area contributed by atoms with Gasteiger partial charge in [0.2, 0.25) is 35.5 Å².